The van der Waals surface area contributed by atoms with Crippen LogP contribution in [0.15, 0.2) is 42.5 Å². The molecule has 128 valence electrons. The number of hydrogen-bond acceptors (Lipinski definition) is 4. The smallest absolute Gasteiger partial charge is 0.175 e. The van der Waals surface area contributed by atoms with Crippen LogP contribution in [0.2, 0.25) is 0 Å². The van der Waals surface area contributed by atoms with Crippen molar-refractivity contribution in [2.75, 3.05) is 31.0 Å². The van der Waals surface area contributed by atoms with Gasteiger partial charge in [-0.2, -0.15) is 0 Å². The third-order valence-corrected chi connectivity index (χ3v) is 3.36. The van der Waals surface area contributed by atoms with Crippen molar-refractivity contribution in [2.45, 2.75) is 13.8 Å². The van der Waals surface area contributed by atoms with Gasteiger partial charge in [-0.05, 0) is 62.5 Å². The van der Waals surface area contributed by atoms with E-state index < -0.39 is 0 Å². The average molecular weight is 346 g/mol. The summed E-state index contributed by atoms with van der Waals surface area (Å²) in [6, 6.07) is 13.1. The van der Waals surface area contributed by atoms with Gasteiger partial charge in [0, 0.05) is 11.8 Å². The summed E-state index contributed by atoms with van der Waals surface area (Å²) in [5.41, 5.74) is 1.63. The van der Waals surface area contributed by atoms with Crippen LogP contribution in [-0.2, 0) is 0 Å². The van der Waals surface area contributed by atoms with Gasteiger partial charge in [-0.25, -0.2) is 0 Å². The molecule has 2 N–H and O–H groups in total. The predicted octanol–water partition coefficient (Wildman–Crippen LogP) is 4.30. The number of ether oxygens (including phenoxy) is 3. The number of benzene rings is 2. The molecule has 0 heterocycles. The molecule has 2 aromatic rings. The van der Waals surface area contributed by atoms with Gasteiger partial charge in [0.15, 0.2) is 5.11 Å². The molecule has 0 fully saturated rings. The molecular weight excluding hydrogens is 324 g/mol. The van der Waals surface area contributed by atoms with E-state index in [1.165, 1.54) is 0 Å². The third-order valence-electron chi connectivity index (χ3n) is 3.16. The van der Waals surface area contributed by atoms with Gasteiger partial charge < -0.3 is 24.8 Å². The normalized spacial score (nSPS) is 9.96. The lowest BCUT2D eigenvalue weighted by molar-refractivity contribution is 0.332. The Labute approximate surface area is 147 Å². The minimum absolute atomic E-state index is 0.467. The Morgan fingerprint density at radius 1 is 0.917 bits per heavy atom. The topological polar surface area (TPSA) is 51.8 Å². The lowest BCUT2D eigenvalue weighted by Gasteiger charge is -2.16. The molecule has 0 saturated heterocycles. The molecular formula is C18H22N2O3S. The first-order valence-electron chi connectivity index (χ1n) is 7.78. The van der Waals surface area contributed by atoms with Crippen LogP contribution in [0.1, 0.15) is 13.8 Å². The number of thiocarbonyl (C=S) groups is 1. The van der Waals surface area contributed by atoms with Gasteiger partial charge in [0.1, 0.15) is 17.2 Å². The van der Waals surface area contributed by atoms with Gasteiger partial charge in [-0.3, -0.25) is 0 Å². The summed E-state index contributed by atoms with van der Waals surface area (Å²) < 4.78 is 16.3. The molecule has 2 aromatic carbocycles. The van der Waals surface area contributed by atoms with Crippen molar-refractivity contribution in [3.05, 3.63) is 42.5 Å². The van der Waals surface area contributed by atoms with E-state index >= 15 is 0 Å². The first-order chi connectivity index (χ1) is 11.7. The lowest BCUT2D eigenvalue weighted by atomic mass is 10.2. The highest BCUT2D eigenvalue weighted by Crippen LogP contribution is 2.29. The number of rotatable bonds is 7. The molecule has 0 spiro atoms. The number of methoxy groups -OCH3 is 1. The lowest BCUT2D eigenvalue weighted by Crippen LogP contribution is -2.19. The van der Waals surface area contributed by atoms with Gasteiger partial charge in [-0.15, -0.1) is 0 Å². The van der Waals surface area contributed by atoms with Gasteiger partial charge in [0.05, 0.1) is 26.0 Å². The van der Waals surface area contributed by atoms with Crippen molar-refractivity contribution < 1.29 is 14.2 Å². The second-order valence-electron chi connectivity index (χ2n) is 4.83. The van der Waals surface area contributed by atoms with Crippen LogP contribution in [0.4, 0.5) is 11.4 Å². The van der Waals surface area contributed by atoms with Crippen LogP contribution in [0, 0.1) is 0 Å². The Bertz CT molecular complexity index is 674. The van der Waals surface area contributed by atoms with Crippen LogP contribution in [0.3, 0.4) is 0 Å². The Morgan fingerprint density at radius 2 is 1.58 bits per heavy atom. The third kappa shape index (κ3) is 5.03. The molecule has 0 aliphatic heterocycles. The van der Waals surface area contributed by atoms with Crippen LogP contribution in [0.5, 0.6) is 17.2 Å². The second kappa shape index (κ2) is 8.98. The molecule has 0 unspecified atom stereocenters. The molecule has 0 bridgehead atoms. The Kier molecular flexibility index (Phi) is 6.69. The summed E-state index contributed by atoms with van der Waals surface area (Å²) in [6.07, 6.45) is 0. The van der Waals surface area contributed by atoms with Gasteiger partial charge in [-0.1, -0.05) is 0 Å². The van der Waals surface area contributed by atoms with Gasteiger partial charge in [0.2, 0.25) is 0 Å². The molecule has 6 heteroatoms. The molecule has 0 atom stereocenters. The summed E-state index contributed by atoms with van der Waals surface area (Å²) in [5.74, 6) is 2.28. The van der Waals surface area contributed by atoms with Crippen LogP contribution in [0.25, 0.3) is 0 Å². The molecule has 0 aromatic heterocycles. The summed E-state index contributed by atoms with van der Waals surface area (Å²) in [7, 11) is 1.63. The number of anilines is 2. The number of nitrogens with one attached hydrogen (secondary N) is 2. The second-order valence-corrected chi connectivity index (χ2v) is 5.24. The van der Waals surface area contributed by atoms with Crippen molar-refractivity contribution >= 4 is 28.7 Å². The van der Waals surface area contributed by atoms with Crippen LogP contribution in [-0.4, -0.2) is 25.4 Å². The largest absolute Gasteiger partial charge is 0.497 e. The molecule has 24 heavy (non-hydrogen) atoms. The van der Waals surface area contributed by atoms with Crippen LogP contribution < -0.4 is 24.8 Å². The fourth-order valence-electron chi connectivity index (χ4n) is 2.10. The first kappa shape index (κ1) is 17.9. The Morgan fingerprint density at radius 3 is 2.21 bits per heavy atom. The van der Waals surface area contributed by atoms with E-state index in [0.29, 0.717) is 18.3 Å². The Hall–Kier alpha value is -2.47. The van der Waals surface area contributed by atoms with Gasteiger partial charge >= 0.3 is 0 Å². The quantitative estimate of drug-likeness (QED) is 0.729. The zero-order chi connectivity index (χ0) is 17.4. The molecule has 5 nitrogen and oxygen atoms in total. The maximum absolute atomic E-state index is 5.63. The standard InChI is InChI=1S/C18H22N2O3S/c1-4-22-15-10-11-17(23-5-2)16(12-15)20-18(24)19-13-6-8-14(21-3)9-7-13/h6-12H,4-5H2,1-3H3,(H2,19,20,24). The average Bonchev–Trinajstić information content (AvgIpc) is 2.58. The monoisotopic (exact) mass is 346 g/mol. The first-order valence-corrected chi connectivity index (χ1v) is 8.18. The summed E-state index contributed by atoms with van der Waals surface area (Å²) in [5, 5.41) is 6.75. The van der Waals surface area contributed by atoms with E-state index in [-0.39, 0.29) is 0 Å². The number of hydrogen-bond donors (Lipinski definition) is 2. The molecule has 0 aliphatic rings. The van der Waals surface area contributed by atoms with E-state index in [1.54, 1.807) is 7.11 Å². The van der Waals surface area contributed by atoms with Crippen molar-refractivity contribution in [2.24, 2.45) is 0 Å². The summed E-state index contributed by atoms with van der Waals surface area (Å²) >= 11 is 5.38. The fraction of sp³-hybridized carbons (Fsp3) is 0.278. The molecule has 0 aliphatic carbocycles. The maximum Gasteiger partial charge on any atom is 0.175 e. The highest BCUT2D eigenvalue weighted by Gasteiger charge is 2.08. The van der Waals surface area contributed by atoms with Crippen molar-refractivity contribution in [3.8, 4) is 17.2 Å². The highest BCUT2D eigenvalue weighted by atomic mass is 32.1. The highest BCUT2D eigenvalue weighted by molar-refractivity contribution is 7.80. The van der Waals surface area contributed by atoms with Crippen LogP contribution >= 0.6 is 12.2 Å². The van der Waals surface area contributed by atoms with E-state index in [9.17, 15) is 0 Å². The molecule has 0 amide bonds. The molecule has 0 radical (unpaired) electrons. The molecule has 2 rings (SSSR count). The minimum atomic E-state index is 0.467. The van der Waals surface area contributed by atoms with Crippen molar-refractivity contribution in [1.82, 2.24) is 0 Å². The predicted molar refractivity (Wildman–Crippen MR) is 102 cm³/mol. The van der Waals surface area contributed by atoms with E-state index in [0.717, 1.165) is 28.6 Å². The van der Waals surface area contributed by atoms with Crippen molar-refractivity contribution in [3.63, 3.8) is 0 Å². The summed E-state index contributed by atoms with van der Waals surface area (Å²) in [4.78, 5) is 0. The van der Waals surface area contributed by atoms with E-state index in [2.05, 4.69) is 10.6 Å². The zero-order valence-corrected chi connectivity index (χ0v) is 14.9. The van der Waals surface area contributed by atoms with E-state index in [1.807, 2.05) is 56.3 Å². The van der Waals surface area contributed by atoms with E-state index in [4.69, 9.17) is 26.4 Å². The van der Waals surface area contributed by atoms with Gasteiger partial charge in [0.25, 0.3) is 0 Å². The Balaban J connectivity index is 2.09. The maximum atomic E-state index is 5.63. The minimum Gasteiger partial charge on any atom is -0.497 e. The zero-order valence-electron chi connectivity index (χ0n) is 14.1. The molecule has 0 saturated carbocycles. The fourth-order valence-corrected chi connectivity index (χ4v) is 2.33. The van der Waals surface area contributed by atoms with Crippen molar-refractivity contribution in [1.29, 1.82) is 0 Å². The summed E-state index contributed by atoms with van der Waals surface area (Å²) in [6.45, 7) is 5.05. The SMILES string of the molecule is CCOc1ccc(OCC)c(NC(=S)Nc2ccc(OC)cc2)c1.